The number of methoxy groups -OCH3 is 1. The number of nitrogens with zero attached hydrogens (tertiary/aromatic N) is 2. The lowest BCUT2D eigenvalue weighted by molar-refractivity contribution is -0.140. The number of hydrogen-bond donors (Lipinski definition) is 1. The molecule has 1 atom stereocenters. The first-order valence-corrected chi connectivity index (χ1v) is 16.5. The summed E-state index contributed by atoms with van der Waals surface area (Å²) in [5.41, 5.74) is 2.10. The largest absolute Gasteiger partial charge is 0.497 e. The first kappa shape index (κ1) is 31.9. The molecule has 0 spiro atoms. The topological polar surface area (TPSA) is 105 Å². The van der Waals surface area contributed by atoms with E-state index in [2.05, 4.69) is 5.32 Å². The zero-order chi connectivity index (χ0) is 30.8. The van der Waals surface area contributed by atoms with E-state index in [0.29, 0.717) is 30.2 Å². The molecule has 9 nitrogen and oxygen atoms in total. The van der Waals surface area contributed by atoms with Crippen molar-refractivity contribution in [2.75, 3.05) is 24.2 Å². The van der Waals surface area contributed by atoms with Crippen molar-refractivity contribution in [3.8, 4) is 11.5 Å². The Hall–Kier alpha value is -4.05. The van der Waals surface area contributed by atoms with Gasteiger partial charge in [0, 0.05) is 12.6 Å². The summed E-state index contributed by atoms with van der Waals surface area (Å²) in [6.45, 7) is 1.89. The fraction of sp³-hybridized carbons (Fsp3) is 0.394. The summed E-state index contributed by atoms with van der Waals surface area (Å²) in [5.74, 6) is 0.491. The number of benzene rings is 3. The van der Waals surface area contributed by atoms with E-state index in [0.717, 1.165) is 47.4 Å². The Morgan fingerprint density at radius 3 is 2.23 bits per heavy atom. The lowest BCUT2D eigenvalue weighted by atomic mass is 10.1. The third-order valence-corrected chi connectivity index (χ3v) is 8.77. The lowest BCUT2D eigenvalue weighted by Gasteiger charge is -2.33. The number of amides is 2. The SMILES string of the molecule is CC[C@@H](C(=O)NC1CCCC1)N(Cc1cccc(OC)c1)C(=O)CN(c1ccc(OCc2ccccc2)cc1)S(C)(=O)=O. The number of carbonyl (C=O) groups is 2. The van der Waals surface area contributed by atoms with Gasteiger partial charge in [-0.1, -0.05) is 62.2 Å². The van der Waals surface area contributed by atoms with Crippen molar-refractivity contribution < 1.29 is 27.5 Å². The molecule has 10 heteroatoms. The van der Waals surface area contributed by atoms with Gasteiger partial charge in [0.25, 0.3) is 0 Å². The maximum Gasteiger partial charge on any atom is 0.244 e. The van der Waals surface area contributed by atoms with Crippen LogP contribution in [0.4, 0.5) is 5.69 Å². The summed E-state index contributed by atoms with van der Waals surface area (Å²) in [7, 11) is -2.28. The molecular formula is C33H41N3O6S. The minimum Gasteiger partial charge on any atom is -0.497 e. The second-order valence-corrected chi connectivity index (χ2v) is 12.7. The smallest absolute Gasteiger partial charge is 0.244 e. The van der Waals surface area contributed by atoms with Crippen LogP contribution in [0.1, 0.15) is 50.2 Å². The molecule has 0 saturated heterocycles. The first-order valence-electron chi connectivity index (χ1n) is 14.6. The number of rotatable bonds is 14. The van der Waals surface area contributed by atoms with Crippen molar-refractivity contribution >= 4 is 27.5 Å². The minimum absolute atomic E-state index is 0.0884. The maximum absolute atomic E-state index is 14.0. The van der Waals surface area contributed by atoms with Crippen LogP contribution < -0.4 is 19.1 Å². The molecule has 0 aliphatic heterocycles. The van der Waals surface area contributed by atoms with Gasteiger partial charge in [0.2, 0.25) is 21.8 Å². The van der Waals surface area contributed by atoms with E-state index >= 15 is 0 Å². The molecule has 0 heterocycles. The molecule has 1 saturated carbocycles. The number of anilines is 1. The highest BCUT2D eigenvalue weighted by molar-refractivity contribution is 7.92. The molecule has 4 rings (SSSR count). The number of hydrogen-bond acceptors (Lipinski definition) is 6. The predicted molar refractivity (Wildman–Crippen MR) is 167 cm³/mol. The molecule has 0 radical (unpaired) electrons. The van der Waals surface area contributed by atoms with E-state index in [1.165, 1.54) is 4.90 Å². The third kappa shape index (κ3) is 8.97. The number of carbonyl (C=O) groups excluding carboxylic acids is 2. The van der Waals surface area contributed by atoms with Gasteiger partial charge in [-0.25, -0.2) is 8.42 Å². The Bertz CT molecular complexity index is 1460. The maximum atomic E-state index is 14.0. The zero-order valence-electron chi connectivity index (χ0n) is 25.1. The molecule has 230 valence electrons. The zero-order valence-corrected chi connectivity index (χ0v) is 25.9. The molecule has 3 aromatic carbocycles. The van der Waals surface area contributed by atoms with Gasteiger partial charge >= 0.3 is 0 Å². The van der Waals surface area contributed by atoms with Crippen molar-refractivity contribution in [1.82, 2.24) is 10.2 Å². The highest BCUT2D eigenvalue weighted by atomic mass is 32.2. The van der Waals surface area contributed by atoms with Gasteiger partial charge in [-0.05, 0) is 66.8 Å². The van der Waals surface area contributed by atoms with Crippen LogP contribution in [0.3, 0.4) is 0 Å². The highest BCUT2D eigenvalue weighted by Crippen LogP contribution is 2.24. The average molecular weight is 608 g/mol. The van der Waals surface area contributed by atoms with Crippen molar-refractivity contribution in [2.24, 2.45) is 0 Å². The van der Waals surface area contributed by atoms with Gasteiger partial charge in [0.05, 0.1) is 19.1 Å². The Balaban J connectivity index is 1.56. The number of sulfonamides is 1. The Morgan fingerprint density at radius 1 is 0.930 bits per heavy atom. The fourth-order valence-electron chi connectivity index (χ4n) is 5.32. The van der Waals surface area contributed by atoms with E-state index in [-0.39, 0.29) is 18.5 Å². The summed E-state index contributed by atoms with van der Waals surface area (Å²) >= 11 is 0. The molecule has 43 heavy (non-hydrogen) atoms. The minimum atomic E-state index is -3.85. The van der Waals surface area contributed by atoms with E-state index in [1.54, 1.807) is 37.4 Å². The molecule has 3 aromatic rings. The van der Waals surface area contributed by atoms with Gasteiger partial charge in [-0.15, -0.1) is 0 Å². The summed E-state index contributed by atoms with van der Waals surface area (Å²) in [6, 6.07) is 22.9. The monoisotopic (exact) mass is 607 g/mol. The van der Waals surface area contributed by atoms with Crippen LogP contribution in [0, 0.1) is 0 Å². The lowest BCUT2D eigenvalue weighted by Crippen LogP contribution is -2.53. The second kappa shape index (κ2) is 14.9. The quantitative estimate of drug-likeness (QED) is 0.279. The molecule has 0 aromatic heterocycles. The highest BCUT2D eigenvalue weighted by Gasteiger charge is 2.33. The van der Waals surface area contributed by atoms with E-state index in [9.17, 15) is 18.0 Å². The third-order valence-electron chi connectivity index (χ3n) is 7.63. The van der Waals surface area contributed by atoms with E-state index in [4.69, 9.17) is 9.47 Å². The van der Waals surface area contributed by atoms with Crippen molar-refractivity contribution in [3.05, 3.63) is 90.0 Å². The van der Waals surface area contributed by atoms with E-state index < -0.39 is 28.5 Å². The Morgan fingerprint density at radius 2 is 1.60 bits per heavy atom. The summed E-state index contributed by atoms with van der Waals surface area (Å²) in [5, 5.41) is 3.12. The van der Waals surface area contributed by atoms with Gasteiger partial charge in [0.15, 0.2) is 0 Å². The fourth-order valence-corrected chi connectivity index (χ4v) is 6.17. The first-order chi connectivity index (χ1) is 20.7. The van der Waals surface area contributed by atoms with Gasteiger partial charge in [-0.3, -0.25) is 13.9 Å². The molecule has 1 aliphatic rings. The van der Waals surface area contributed by atoms with Crippen LogP contribution >= 0.6 is 0 Å². The van der Waals surface area contributed by atoms with Crippen molar-refractivity contribution in [1.29, 1.82) is 0 Å². The van der Waals surface area contributed by atoms with Gasteiger partial charge < -0.3 is 19.7 Å². The van der Waals surface area contributed by atoms with Crippen LogP contribution in [0.25, 0.3) is 0 Å². The molecule has 0 unspecified atom stereocenters. The van der Waals surface area contributed by atoms with E-state index in [1.807, 2.05) is 55.5 Å². The average Bonchev–Trinajstić information content (AvgIpc) is 3.52. The number of ether oxygens (including phenoxy) is 2. The molecule has 1 fully saturated rings. The molecule has 1 aliphatic carbocycles. The molecule has 2 amide bonds. The van der Waals surface area contributed by atoms with Crippen LogP contribution in [-0.2, 0) is 32.8 Å². The number of nitrogens with one attached hydrogen (secondary N) is 1. The Labute approximate surface area is 254 Å². The van der Waals surface area contributed by atoms with Crippen LogP contribution in [0.2, 0.25) is 0 Å². The van der Waals surface area contributed by atoms with Crippen molar-refractivity contribution in [3.63, 3.8) is 0 Å². The predicted octanol–water partition coefficient (Wildman–Crippen LogP) is 4.91. The summed E-state index contributed by atoms with van der Waals surface area (Å²) in [4.78, 5) is 28.9. The summed E-state index contributed by atoms with van der Waals surface area (Å²) < 4.78 is 38.2. The standard InChI is InChI=1S/C33H41N3O6S/c1-4-31(33(38)34-27-14-8-9-15-27)35(22-26-13-10-16-30(21-26)41-2)32(37)23-36(43(3,39)40)28-17-19-29(20-18-28)42-24-25-11-6-5-7-12-25/h5-7,10-13,16-21,27,31H,4,8-9,14-15,22-24H2,1-3H3,(H,34,38)/t31-/m0/s1. The van der Waals surface area contributed by atoms with Crippen LogP contribution in [-0.4, -0.2) is 57.1 Å². The van der Waals surface area contributed by atoms with Crippen LogP contribution in [0.5, 0.6) is 11.5 Å². The van der Waals surface area contributed by atoms with Crippen LogP contribution in [0.15, 0.2) is 78.9 Å². The summed E-state index contributed by atoms with van der Waals surface area (Å²) in [6.07, 6.45) is 5.40. The van der Waals surface area contributed by atoms with Gasteiger partial charge in [0.1, 0.15) is 30.7 Å². The Kier molecular flexibility index (Phi) is 11.1. The normalized spacial score (nSPS) is 14.1. The van der Waals surface area contributed by atoms with Crippen molar-refractivity contribution in [2.45, 2.75) is 64.3 Å². The second-order valence-electron chi connectivity index (χ2n) is 10.8. The molecular weight excluding hydrogens is 566 g/mol. The van der Waals surface area contributed by atoms with Gasteiger partial charge in [-0.2, -0.15) is 0 Å². The molecule has 0 bridgehead atoms. The molecule has 1 N–H and O–H groups in total.